The van der Waals surface area contributed by atoms with Crippen LogP contribution in [0.3, 0.4) is 0 Å². The van der Waals surface area contributed by atoms with E-state index >= 15 is 0 Å². The van der Waals surface area contributed by atoms with Crippen LogP contribution in [-0.4, -0.2) is 13.9 Å². The van der Waals surface area contributed by atoms with E-state index in [0.29, 0.717) is 5.75 Å². The fourth-order valence-corrected chi connectivity index (χ4v) is 2.74. The van der Waals surface area contributed by atoms with E-state index in [4.69, 9.17) is 9.47 Å². The molecule has 0 aliphatic heterocycles. The average molecular weight is 289 g/mol. The Morgan fingerprint density at radius 3 is 2.69 bits per heavy atom. The Hall–Kier alpha value is -0.610. The van der Waals surface area contributed by atoms with Crippen molar-refractivity contribution >= 4 is 15.9 Å². The van der Waals surface area contributed by atoms with Gasteiger partial charge in [0.05, 0.1) is 0 Å². The lowest BCUT2D eigenvalue weighted by Crippen LogP contribution is -2.10. The summed E-state index contributed by atoms with van der Waals surface area (Å²) >= 11 is 3.41. The first-order valence-corrected chi connectivity index (χ1v) is 6.15. The molecule has 0 N–H and O–H groups in total. The maximum atomic E-state index is 13.8. The highest BCUT2D eigenvalue weighted by molar-refractivity contribution is 9.10. The number of rotatable bonds is 3. The third-order valence-electron chi connectivity index (χ3n) is 2.82. The summed E-state index contributed by atoms with van der Waals surface area (Å²) in [6, 6.07) is 1.48. The van der Waals surface area contributed by atoms with Crippen molar-refractivity contribution in [3.05, 3.63) is 27.5 Å². The Kier molecular flexibility index (Phi) is 3.82. The van der Waals surface area contributed by atoms with Crippen molar-refractivity contribution in [1.29, 1.82) is 0 Å². The molecule has 0 saturated heterocycles. The van der Waals surface area contributed by atoms with Gasteiger partial charge in [-0.05, 0) is 37.3 Å². The predicted molar refractivity (Wildman–Crippen MR) is 63.2 cm³/mol. The molecule has 1 aromatic rings. The number of benzene rings is 1. The lowest BCUT2D eigenvalue weighted by Gasteiger charge is -2.21. The quantitative estimate of drug-likeness (QED) is 0.793. The molecule has 0 amide bonds. The van der Waals surface area contributed by atoms with Crippen LogP contribution in [-0.2, 0) is 17.6 Å². The number of methoxy groups -OCH3 is 1. The highest BCUT2D eigenvalue weighted by Crippen LogP contribution is 2.36. The van der Waals surface area contributed by atoms with Crippen molar-refractivity contribution in [3.8, 4) is 5.75 Å². The highest BCUT2D eigenvalue weighted by atomic mass is 79.9. The average Bonchev–Trinajstić information content (AvgIpc) is 2.29. The molecule has 2 rings (SSSR count). The van der Waals surface area contributed by atoms with E-state index in [1.54, 1.807) is 0 Å². The smallest absolute Gasteiger partial charge is 0.188 e. The predicted octanol–water partition coefficient (Wildman–Crippen LogP) is 3.45. The standard InChI is InChI=1S/C12H14BrFO2/c1-15-7-16-12-9-5-3-2-4-8(9)10(13)6-11(12)14/h6H,2-5,7H2,1H3. The lowest BCUT2D eigenvalue weighted by molar-refractivity contribution is 0.0473. The second-order valence-corrected chi connectivity index (χ2v) is 4.74. The molecule has 0 fully saturated rings. The van der Waals surface area contributed by atoms with Gasteiger partial charge in [-0.15, -0.1) is 0 Å². The minimum absolute atomic E-state index is 0.0883. The van der Waals surface area contributed by atoms with Crippen LogP contribution < -0.4 is 4.74 Å². The zero-order valence-corrected chi connectivity index (χ0v) is 10.8. The summed E-state index contributed by atoms with van der Waals surface area (Å²) in [5, 5.41) is 0. The van der Waals surface area contributed by atoms with Gasteiger partial charge in [0, 0.05) is 17.1 Å². The van der Waals surface area contributed by atoms with Crippen LogP contribution >= 0.6 is 15.9 Å². The summed E-state index contributed by atoms with van der Waals surface area (Å²) in [7, 11) is 1.53. The maximum absolute atomic E-state index is 13.8. The molecule has 0 unspecified atom stereocenters. The van der Waals surface area contributed by atoms with E-state index in [0.717, 1.165) is 35.7 Å². The van der Waals surface area contributed by atoms with Crippen molar-refractivity contribution < 1.29 is 13.9 Å². The molecule has 0 radical (unpaired) electrons. The largest absolute Gasteiger partial charge is 0.464 e. The molecule has 1 aromatic carbocycles. The molecule has 16 heavy (non-hydrogen) atoms. The number of halogens is 2. The number of hydrogen-bond donors (Lipinski definition) is 0. The van der Waals surface area contributed by atoms with Gasteiger partial charge in [-0.3, -0.25) is 0 Å². The minimum atomic E-state index is -0.315. The topological polar surface area (TPSA) is 18.5 Å². The molecule has 88 valence electrons. The summed E-state index contributed by atoms with van der Waals surface area (Å²) in [4.78, 5) is 0. The van der Waals surface area contributed by atoms with Gasteiger partial charge in [0.1, 0.15) is 0 Å². The third-order valence-corrected chi connectivity index (χ3v) is 3.53. The SMILES string of the molecule is COCOc1c(F)cc(Br)c2c1CCCC2. The minimum Gasteiger partial charge on any atom is -0.464 e. The van der Waals surface area contributed by atoms with E-state index in [-0.39, 0.29) is 12.6 Å². The molecular formula is C12H14BrFO2. The Labute approximate surface area is 103 Å². The van der Waals surface area contributed by atoms with Crippen LogP contribution in [0.15, 0.2) is 10.5 Å². The van der Waals surface area contributed by atoms with Gasteiger partial charge in [0.25, 0.3) is 0 Å². The Bertz CT molecular complexity index is 393. The summed E-state index contributed by atoms with van der Waals surface area (Å²) in [5.41, 5.74) is 2.17. The van der Waals surface area contributed by atoms with Gasteiger partial charge in [-0.1, -0.05) is 15.9 Å². The maximum Gasteiger partial charge on any atom is 0.188 e. The van der Waals surface area contributed by atoms with Gasteiger partial charge >= 0.3 is 0 Å². The molecular weight excluding hydrogens is 275 g/mol. The molecule has 1 aliphatic carbocycles. The highest BCUT2D eigenvalue weighted by Gasteiger charge is 2.20. The molecule has 2 nitrogen and oxygen atoms in total. The first kappa shape index (κ1) is 11.9. The second kappa shape index (κ2) is 5.15. The first-order valence-electron chi connectivity index (χ1n) is 5.35. The van der Waals surface area contributed by atoms with Crippen LogP contribution in [0.5, 0.6) is 5.75 Å². The van der Waals surface area contributed by atoms with Gasteiger partial charge in [-0.25, -0.2) is 4.39 Å². The van der Waals surface area contributed by atoms with E-state index in [1.165, 1.54) is 18.7 Å². The van der Waals surface area contributed by atoms with Gasteiger partial charge in [0.2, 0.25) is 0 Å². The summed E-state index contributed by atoms with van der Waals surface area (Å²) in [6.45, 7) is 0.0883. The Morgan fingerprint density at radius 1 is 1.31 bits per heavy atom. The Morgan fingerprint density at radius 2 is 2.00 bits per heavy atom. The molecule has 0 heterocycles. The Balaban J connectivity index is 2.41. The summed E-state index contributed by atoms with van der Waals surface area (Å²) in [6.07, 6.45) is 4.11. The zero-order valence-electron chi connectivity index (χ0n) is 9.19. The van der Waals surface area contributed by atoms with Gasteiger partial charge < -0.3 is 9.47 Å². The van der Waals surface area contributed by atoms with Crippen LogP contribution in [0.2, 0.25) is 0 Å². The van der Waals surface area contributed by atoms with E-state index < -0.39 is 0 Å². The van der Waals surface area contributed by atoms with Crippen molar-refractivity contribution in [2.45, 2.75) is 25.7 Å². The summed E-state index contributed by atoms with van der Waals surface area (Å²) < 4.78 is 24.7. The monoisotopic (exact) mass is 288 g/mol. The fraction of sp³-hybridized carbons (Fsp3) is 0.500. The first-order chi connectivity index (χ1) is 7.74. The summed E-state index contributed by atoms with van der Waals surface area (Å²) in [5.74, 6) is 0.0457. The number of ether oxygens (including phenoxy) is 2. The molecule has 0 spiro atoms. The van der Waals surface area contributed by atoms with Crippen LogP contribution in [0.1, 0.15) is 24.0 Å². The molecule has 0 atom stereocenters. The number of fused-ring (bicyclic) bond motifs is 1. The fourth-order valence-electron chi connectivity index (χ4n) is 2.10. The van der Waals surface area contributed by atoms with Crippen molar-refractivity contribution in [1.82, 2.24) is 0 Å². The van der Waals surface area contributed by atoms with E-state index in [2.05, 4.69) is 15.9 Å². The van der Waals surface area contributed by atoms with Crippen molar-refractivity contribution in [2.75, 3.05) is 13.9 Å². The molecule has 4 heteroatoms. The molecule has 0 saturated carbocycles. The third kappa shape index (κ3) is 2.23. The van der Waals surface area contributed by atoms with Gasteiger partial charge in [0.15, 0.2) is 18.4 Å². The molecule has 0 bridgehead atoms. The lowest BCUT2D eigenvalue weighted by atomic mass is 9.91. The van der Waals surface area contributed by atoms with Gasteiger partial charge in [-0.2, -0.15) is 0 Å². The normalized spacial score (nSPS) is 14.7. The molecule has 0 aromatic heterocycles. The van der Waals surface area contributed by atoms with Crippen molar-refractivity contribution in [2.24, 2.45) is 0 Å². The van der Waals surface area contributed by atoms with E-state index in [9.17, 15) is 4.39 Å². The number of hydrogen-bond acceptors (Lipinski definition) is 2. The second-order valence-electron chi connectivity index (χ2n) is 3.88. The van der Waals surface area contributed by atoms with E-state index in [1.807, 2.05) is 0 Å². The molecule has 1 aliphatic rings. The van der Waals surface area contributed by atoms with Crippen LogP contribution in [0.25, 0.3) is 0 Å². The van der Waals surface area contributed by atoms with Crippen LogP contribution in [0.4, 0.5) is 4.39 Å². The van der Waals surface area contributed by atoms with Crippen molar-refractivity contribution in [3.63, 3.8) is 0 Å². The zero-order chi connectivity index (χ0) is 11.5. The van der Waals surface area contributed by atoms with Crippen LogP contribution in [0, 0.1) is 5.82 Å².